The molecule has 0 saturated carbocycles. The van der Waals surface area contributed by atoms with Gasteiger partial charge >= 0.3 is 0 Å². The zero-order valence-electron chi connectivity index (χ0n) is 15.2. The van der Waals surface area contributed by atoms with Gasteiger partial charge in [0.05, 0.1) is 6.07 Å². The van der Waals surface area contributed by atoms with Crippen LogP contribution in [0.5, 0.6) is 0 Å². The summed E-state index contributed by atoms with van der Waals surface area (Å²) >= 11 is 4.89. The lowest BCUT2D eigenvalue weighted by atomic mass is 9.94. The van der Waals surface area contributed by atoms with E-state index in [1.165, 1.54) is 23.9 Å². The summed E-state index contributed by atoms with van der Waals surface area (Å²) in [6.07, 6.45) is 0. The van der Waals surface area contributed by atoms with Crippen molar-refractivity contribution in [2.45, 2.75) is 25.9 Å². The maximum atomic E-state index is 13.3. The summed E-state index contributed by atoms with van der Waals surface area (Å²) in [5.74, 6) is 0.849. The van der Waals surface area contributed by atoms with E-state index in [-0.39, 0.29) is 5.82 Å². The fourth-order valence-electron chi connectivity index (χ4n) is 3.13. The molecule has 0 fully saturated rings. The first-order valence-electron chi connectivity index (χ1n) is 8.66. The monoisotopic (exact) mass is 458 g/mol. The van der Waals surface area contributed by atoms with Gasteiger partial charge < -0.3 is 5.32 Å². The fourth-order valence-corrected chi connectivity index (χ4v) is 4.69. The van der Waals surface area contributed by atoms with Gasteiger partial charge in [-0.2, -0.15) is 10.4 Å². The SMILES string of the molecule is CCn1nc2c(C)cc(Br)nc2c1NC1=NC(C#N)(c2ccc(F)cc2)CS1. The molecule has 142 valence electrons. The molecule has 9 heteroatoms. The first-order chi connectivity index (χ1) is 13.5. The van der Waals surface area contributed by atoms with Crippen LogP contribution >= 0.6 is 27.7 Å². The van der Waals surface area contributed by atoms with Crippen LogP contribution in [0.3, 0.4) is 0 Å². The Hall–Kier alpha value is -2.44. The van der Waals surface area contributed by atoms with Crippen LogP contribution in [0.15, 0.2) is 39.9 Å². The molecule has 1 N–H and O–H groups in total. The highest BCUT2D eigenvalue weighted by Gasteiger charge is 2.38. The molecule has 3 heterocycles. The van der Waals surface area contributed by atoms with Crippen molar-refractivity contribution in [2.75, 3.05) is 11.1 Å². The van der Waals surface area contributed by atoms with Gasteiger partial charge in [-0.25, -0.2) is 19.0 Å². The highest BCUT2D eigenvalue weighted by atomic mass is 79.9. The van der Waals surface area contributed by atoms with Gasteiger partial charge in [0.1, 0.15) is 21.5 Å². The molecule has 6 nitrogen and oxygen atoms in total. The molecule has 1 aromatic carbocycles. The molecule has 1 atom stereocenters. The third-order valence-electron chi connectivity index (χ3n) is 4.60. The van der Waals surface area contributed by atoms with Crippen LogP contribution in [-0.4, -0.2) is 25.7 Å². The predicted octanol–water partition coefficient (Wildman–Crippen LogP) is 4.60. The topological polar surface area (TPSA) is 78.9 Å². The minimum absolute atomic E-state index is 0.338. The van der Waals surface area contributed by atoms with E-state index in [2.05, 4.69) is 42.4 Å². The number of benzene rings is 1. The normalized spacial score (nSPS) is 18.9. The van der Waals surface area contributed by atoms with E-state index in [1.807, 2.05) is 24.6 Å². The Morgan fingerprint density at radius 2 is 2.11 bits per heavy atom. The van der Waals surface area contributed by atoms with Crippen LogP contribution < -0.4 is 5.32 Å². The molecule has 0 aliphatic carbocycles. The first-order valence-corrected chi connectivity index (χ1v) is 10.4. The Kier molecular flexibility index (Phi) is 4.85. The standard InChI is InChI=1S/C19H16BrFN6S/c1-3-27-17(16-15(26-27)11(2)8-14(20)23-16)24-18-25-19(9-22,10-28-18)12-4-6-13(21)7-5-12/h4-8H,3,10H2,1-2H3,(H,24,25). The number of aromatic nitrogens is 3. The lowest BCUT2D eigenvalue weighted by Crippen LogP contribution is -2.21. The Morgan fingerprint density at radius 1 is 1.36 bits per heavy atom. The van der Waals surface area contributed by atoms with Gasteiger partial charge in [0.15, 0.2) is 16.5 Å². The van der Waals surface area contributed by atoms with E-state index in [0.717, 1.165) is 27.0 Å². The van der Waals surface area contributed by atoms with E-state index >= 15 is 0 Å². The van der Waals surface area contributed by atoms with Crippen molar-refractivity contribution in [2.24, 2.45) is 4.99 Å². The number of hydrogen-bond donors (Lipinski definition) is 1. The van der Waals surface area contributed by atoms with Crippen LogP contribution in [0, 0.1) is 24.1 Å². The molecule has 1 aliphatic heterocycles. The number of aliphatic imine (C=N–C) groups is 1. The van der Waals surface area contributed by atoms with Crippen LogP contribution in [0.1, 0.15) is 18.1 Å². The summed E-state index contributed by atoms with van der Waals surface area (Å²) in [6, 6.07) is 10.1. The predicted molar refractivity (Wildman–Crippen MR) is 113 cm³/mol. The van der Waals surface area contributed by atoms with Crippen molar-refractivity contribution in [1.29, 1.82) is 5.26 Å². The molecule has 3 aromatic rings. The number of fused-ring (bicyclic) bond motifs is 1. The highest BCUT2D eigenvalue weighted by Crippen LogP contribution is 2.37. The van der Waals surface area contributed by atoms with Crippen LogP contribution in [0.25, 0.3) is 11.0 Å². The van der Waals surface area contributed by atoms with E-state index in [4.69, 9.17) is 0 Å². The second-order valence-electron chi connectivity index (χ2n) is 6.43. The van der Waals surface area contributed by atoms with Crippen molar-refractivity contribution in [1.82, 2.24) is 14.8 Å². The summed E-state index contributed by atoms with van der Waals surface area (Å²) in [5, 5.41) is 18.4. The third-order valence-corrected chi connectivity index (χ3v) is 6.03. The van der Waals surface area contributed by atoms with Crippen molar-refractivity contribution in [3.63, 3.8) is 0 Å². The van der Waals surface area contributed by atoms with Gasteiger partial charge in [-0.1, -0.05) is 23.9 Å². The molecule has 28 heavy (non-hydrogen) atoms. The number of rotatable bonds is 3. The molecule has 0 bridgehead atoms. The number of nitrogens with zero attached hydrogens (tertiary/aromatic N) is 5. The van der Waals surface area contributed by atoms with Crippen molar-refractivity contribution in [3.05, 3.63) is 51.9 Å². The lowest BCUT2D eigenvalue weighted by Gasteiger charge is -2.16. The zero-order valence-corrected chi connectivity index (χ0v) is 17.6. The molecule has 1 aliphatic rings. The number of anilines is 1. The van der Waals surface area contributed by atoms with Crippen LogP contribution in [0.2, 0.25) is 0 Å². The fraction of sp³-hybridized carbons (Fsp3) is 0.263. The number of hydrogen-bond acceptors (Lipinski definition) is 6. The van der Waals surface area contributed by atoms with E-state index in [0.29, 0.717) is 23.0 Å². The number of halogens is 2. The Morgan fingerprint density at radius 3 is 2.79 bits per heavy atom. The minimum atomic E-state index is -1.04. The number of nitrogens with one attached hydrogen (secondary N) is 1. The zero-order chi connectivity index (χ0) is 19.9. The minimum Gasteiger partial charge on any atom is -0.318 e. The van der Waals surface area contributed by atoms with Gasteiger partial charge in [-0.3, -0.25) is 0 Å². The number of aryl methyl sites for hydroxylation is 2. The van der Waals surface area contributed by atoms with Gasteiger partial charge in [0.2, 0.25) is 0 Å². The molecule has 1 unspecified atom stereocenters. The maximum absolute atomic E-state index is 13.3. The summed E-state index contributed by atoms with van der Waals surface area (Å²) in [5.41, 5.74) is 2.21. The molecular formula is C19H16BrFN6S. The lowest BCUT2D eigenvalue weighted by molar-refractivity contribution is 0.620. The van der Waals surface area contributed by atoms with E-state index < -0.39 is 5.54 Å². The average molecular weight is 459 g/mol. The van der Waals surface area contributed by atoms with Crippen molar-refractivity contribution in [3.8, 4) is 6.07 Å². The largest absolute Gasteiger partial charge is 0.318 e. The second-order valence-corrected chi connectivity index (χ2v) is 8.21. The third kappa shape index (κ3) is 3.16. The molecule has 0 radical (unpaired) electrons. The second kappa shape index (κ2) is 7.18. The smallest absolute Gasteiger partial charge is 0.183 e. The molecule has 2 aromatic heterocycles. The summed E-state index contributed by atoms with van der Waals surface area (Å²) in [4.78, 5) is 9.22. The first kappa shape index (κ1) is 18.9. The van der Waals surface area contributed by atoms with Crippen LogP contribution in [0.4, 0.5) is 10.2 Å². The number of nitriles is 1. The Bertz CT molecular complexity index is 1130. The van der Waals surface area contributed by atoms with Gasteiger partial charge in [0, 0.05) is 12.3 Å². The van der Waals surface area contributed by atoms with E-state index in [1.54, 1.807) is 12.1 Å². The van der Waals surface area contributed by atoms with Crippen molar-refractivity contribution < 1.29 is 4.39 Å². The molecular weight excluding hydrogens is 443 g/mol. The summed E-state index contributed by atoms with van der Waals surface area (Å²) < 4.78 is 15.8. The Balaban J connectivity index is 1.75. The van der Waals surface area contributed by atoms with Crippen molar-refractivity contribution >= 4 is 49.7 Å². The summed E-state index contributed by atoms with van der Waals surface area (Å²) in [6.45, 7) is 4.65. The van der Waals surface area contributed by atoms with Crippen LogP contribution in [-0.2, 0) is 12.1 Å². The quantitative estimate of drug-likeness (QED) is 0.580. The molecule has 0 saturated heterocycles. The van der Waals surface area contributed by atoms with Gasteiger partial charge in [0.25, 0.3) is 0 Å². The highest BCUT2D eigenvalue weighted by molar-refractivity contribution is 9.10. The number of thioether (sulfide) groups is 1. The number of amidine groups is 1. The molecule has 0 amide bonds. The average Bonchev–Trinajstić information content (AvgIpc) is 3.25. The maximum Gasteiger partial charge on any atom is 0.183 e. The Labute approximate surface area is 174 Å². The summed E-state index contributed by atoms with van der Waals surface area (Å²) in [7, 11) is 0. The van der Waals surface area contributed by atoms with Gasteiger partial charge in [-0.15, -0.1) is 0 Å². The number of pyridine rings is 1. The molecule has 4 rings (SSSR count). The molecule has 0 spiro atoms. The van der Waals surface area contributed by atoms with Gasteiger partial charge in [-0.05, 0) is 59.1 Å². The van der Waals surface area contributed by atoms with E-state index in [9.17, 15) is 9.65 Å².